The van der Waals surface area contributed by atoms with E-state index in [4.69, 9.17) is 10.2 Å². The molecule has 0 saturated carbocycles. The summed E-state index contributed by atoms with van der Waals surface area (Å²) in [4.78, 5) is 0. The van der Waals surface area contributed by atoms with Crippen molar-refractivity contribution in [3.8, 4) is 0 Å². The molecule has 0 aromatic heterocycles. The van der Waals surface area contributed by atoms with Crippen molar-refractivity contribution >= 4 is 0 Å². The second-order valence-electron chi connectivity index (χ2n) is 2.76. The zero-order chi connectivity index (χ0) is 8.69. The minimum Gasteiger partial charge on any atom is -0.395 e. The SMILES string of the molecule is CCC(O)CNC(CC)CO. The van der Waals surface area contributed by atoms with Gasteiger partial charge in [0.1, 0.15) is 0 Å². The molecular formula is C8H19NO2. The highest BCUT2D eigenvalue weighted by atomic mass is 16.3. The molecule has 2 unspecified atom stereocenters. The lowest BCUT2D eigenvalue weighted by atomic mass is 10.2. The van der Waals surface area contributed by atoms with Gasteiger partial charge >= 0.3 is 0 Å². The fourth-order valence-corrected chi connectivity index (χ4v) is 0.785. The average molecular weight is 161 g/mol. The maximum Gasteiger partial charge on any atom is 0.0662 e. The minimum absolute atomic E-state index is 0.135. The van der Waals surface area contributed by atoms with Crippen LogP contribution < -0.4 is 5.32 Å². The summed E-state index contributed by atoms with van der Waals surface area (Å²) in [5.74, 6) is 0. The topological polar surface area (TPSA) is 52.5 Å². The summed E-state index contributed by atoms with van der Waals surface area (Å²) in [6.07, 6.45) is 1.37. The van der Waals surface area contributed by atoms with E-state index in [1.54, 1.807) is 0 Å². The zero-order valence-corrected chi connectivity index (χ0v) is 7.38. The van der Waals surface area contributed by atoms with Gasteiger partial charge in [0, 0.05) is 12.6 Å². The third kappa shape index (κ3) is 5.18. The Morgan fingerprint density at radius 3 is 2.27 bits per heavy atom. The van der Waals surface area contributed by atoms with Crippen LogP contribution in [0, 0.1) is 0 Å². The van der Waals surface area contributed by atoms with E-state index in [1.807, 2.05) is 13.8 Å². The van der Waals surface area contributed by atoms with E-state index >= 15 is 0 Å². The highest BCUT2D eigenvalue weighted by Gasteiger charge is 2.05. The van der Waals surface area contributed by atoms with Crippen LogP contribution in [0.25, 0.3) is 0 Å². The van der Waals surface area contributed by atoms with E-state index in [9.17, 15) is 0 Å². The Morgan fingerprint density at radius 1 is 1.27 bits per heavy atom. The fourth-order valence-electron chi connectivity index (χ4n) is 0.785. The Labute approximate surface area is 68.4 Å². The van der Waals surface area contributed by atoms with Gasteiger partial charge in [-0.25, -0.2) is 0 Å². The van der Waals surface area contributed by atoms with Crippen molar-refractivity contribution in [3.05, 3.63) is 0 Å². The second kappa shape index (κ2) is 6.58. The summed E-state index contributed by atoms with van der Waals surface area (Å²) in [5, 5.41) is 21.0. The number of rotatable bonds is 6. The maximum absolute atomic E-state index is 9.15. The summed E-state index contributed by atoms with van der Waals surface area (Å²) in [5.41, 5.74) is 0. The third-order valence-electron chi connectivity index (χ3n) is 1.83. The van der Waals surface area contributed by atoms with Crippen molar-refractivity contribution in [1.82, 2.24) is 5.32 Å². The molecule has 0 spiro atoms. The lowest BCUT2D eigenvalue weighted by Gasteiger charge is -2.16. The van der Waals surface area contributed by atoms with E-state index in [0.717, 1.165) is 12.8 Å². The van der Waals surface area contributed by atoms with E-state index in [1.165, 1.54) is 0 Å². The zero-order valence-electron chi connectivity index (χ0n) is 7.38. The molecule has 0 amide bonds. The summed E-state index contributed by atoms with van der Waals surface area (Å²) >= 11 is 0. The van der Waals surface area contributed by atoms with Gasteiger partial charge < -0.3 is 15.5 Å². The van der Waals surface area contributed by atoms with E-state index < -0.39 is 0 Å². The third-order valence-corrected chi connectivity index (χ3v) is 1.83. The summed E-state index contributed by atoms with van der Waals surface area (Å²) < 4.78 is 0. The van der Waals surface area contributed by atoms with Crippen LogP contribution >= 0.6 is 0 Å². The molecule has 0 saturated heterocycles. The molecule has 3 N–H and O–H groups in total. The van der Waals surface area contributed by atoms with Crippen LogP contribution in [0.5, 0.6) is 0 Å². The fraction of sp³-hybridized carbons (Fsp3) is 1.00. The van der Waals surface area contributed by atoms with E-state index in [-0.39, 0.29) is 18.8 Å². The van der Waals surface area contributed by atoms with Crippen LogP contribution in [0.2, 0.25) is 0 Å². The molecule has 0 aromatic carbocycles. The van der Waals surface area contributed by atoms with Crippen LogP contribution in [0.1, 0.15) is 26.7 Å². The van der Waals surface area contributed by atoms with Gasteiger partial charge in [0.15, 0.2) is 0 Å². The first kappa shape index (κ1) is 10.9. The van der Waals surface area contributed by atoms with Crippen molar-refractivity contribution in [1.29, 1.82) is 0 Å². The first-order chi connectivity index (χ1) is 5.24. The molecule has 0 aliphatic rings. The Balaban J connectivity index is 3.34. The maximum atomic E-state index is 9.15. The van der Waals surface area contributed by atoms with Crippen molar-refractivity contribution in [2.45, 2.75) is 38.8 Å². The van der Waals surface area contributed by atoms with Crippen molar-refractivity contribution in [2.24, 2.45) is 0 Å². The number of aliphatic hydroxyl groups is 2. The highest BCUT2D eigenvalue weighted by molar-refractivity contribution is 4.65. The molecule has 68 valence electrons. The Morgan fingerprint density at radius 2 is 1.91 bits per heavy atom. The Hall–Kier alpha value is -0.120. The van der Waals surface area contributed by atoms with Gasteiger partial charge in [0.2, 0.25) is 0 Å². The highest BCUT2D eigenvalue weighted by Crippen LogP contribution is 1.91. The monoisotopic (exact) mass is 161 g/mol. The summed E-state index contributed by atoms with van der Waals surface area (Å²) in [6, 6.07) is 0.135. The molecule has 0 aliphatic carbocycles. The number of hydrogen-bond donors (Lipinski definition) is 3. The summed E-state index contributed by atoms with van der Waals surface area (Å²) in [7, 11) is 0. The molecule has 3 nitrogen and oxygen atoms in total. The average Bonchev–Trinajstić information content (AvgIpc) is 2.06. The Kier molecular flexibility index (Phi) is 6.51. The van der Waals surface area contributed by atoms with Crippen molar-refractivity contribution < 1.29 is 10.2 Å². The standard InChI is InChI=1S/C8H19NO2/c1-3-7(6-10)9-5-8(11)4-2/h7-11H,3-6H2,1-2H3. The van der Waals surface area contributed by atoms with Gasteiger partial charge in [0.05, 0.1) is 12.7 Å². The molecule has 0 radical (unpaired) electrons. The molecule has 0 aromatic rings. The molecule has 0 fully saturated rings. The van der Waals surface area contributed by atoms with Gasteiger partial charge in [-0.15, -0.1) is 0 Å². The molecule has 3 heteroatoms. The number of aliphatic hydroxyl groups excluding tert-OH is 2. The largest absolute Gasteiger partial charge is 0.395 e. The first-order valence-corrected chi connectivity index (χ1v) is 4.26. The quantitative estimate of drug-likeness (QED) is 0.518. The lowest BCUT2D eigenvalue weighted by molar-refractivity contribution is 0.152. The first-order valence-electron chi connectivity index (χ1n) is 4.26. The molecule has 0 heterocycles. The van der Waals surface area contributed by atoms with E-state index in [2.05, 4.69) is 5.32 Å². The molecule has 11 heavy (non-hydrogen) atoms. The number of nitrogens with one attached hydrogen (secondary N) is 1. The minimum atomic E-state index is -0.282. The second-order valence-corrected chi connectivity index (χ2v) is 2.76. The van der Waals surface area contributed by atoms with Gasteiger partial charge in [0.25, 0.3) is 0 Å². The predicted molar refractivity (Wildman–Crippen MR) is 45.5 cm³/mol. The van der Waals surface area contributed by atoms with Gasteiger partial charge in [-0.05, 0) is 12.8 Å². The number of hydrogen-bond acceptors (Lipinski definition) is 3. The predicted octanol–water partition coefficient (Wildman–Crippen LogP) is 0.118. The van der Waals surface area contributed by atoms with Gasteiger partial charge in [-0.1, -0.05) is 13.8 Å². The molecule has 0 aliphatic heterocycles. The van der Waals surface area contributed by atoms with Crippen LogP contribution in [0.3, 0.4) is 0 Å². The summed E-state index contributed by atoms with van der Waals surface area (Å²) in [6.45, 7) is 4.67. The van der Waals surface area contributed by atoms with Crippen LogP contribution in [-0.2, 0) is 0 Å². The Bertz CT molecular complexity index is 84.2. The normalized spacial score (nSPS) is 16.4. The van der Waals surface area contributed by atoms with Crippen LogP contribution in [-0.4, -0.2) is 35.5 Å². The van der Waals surface area contributed by atoms with Crippen molar-refractivity contribution in [2.75, 3.05) is 13.2 Å². The van der Waals surface area contributed by atoms with Crippen LogP contribution in [0.4, 0.5) is 0 Å². The molecule has 0 rings (SSSR count). The van der Waals surface area contributed by atoms with Gasteiger partial charge in [-0.2, -0.15) is 0 Å². The van der Waals surface area contributed by atoms with E-state index in [0.29, 0.717) is 6.54 Å². The smallest absolute Gasteiger partial charge is 0.0662 e. The van der Waals surface area contributed by atoms with Gasteiger partial charge in [-0.3, -0.25) is 0 Å². The van der Waals surface area contributed by atoms with Crippen molar-refractivity contribution in [3.63, 3.8) is 0 Å². The van der Waals surface area contributed by atoms with Crippen LogP contribution in [0.15, 0.2) is 0 Å². The lowest BCUT2D eigenvalue weighted by Crippen LogP contribution is -2.37. The molecule has 0 bridgehead atoms. The molecular weight excluding hydrogens is 142 g/mol. The molecule has 2 atom stereocenters.